The van der Waals surface area contributed by atoms with Crippen LogP contribution in [0.3, 0.4) is 0 Å². The highest BCUT2D eigenvalue weighted by Gasteiger charge is 2.50. The quantitative estimate of drug-likeness (QED) is 0.0606. The Morgan fingerprint density at radius 3 is 2.21 bits per heavy atom. The van der Waals surface area contributed by atoms with Gasteiger partial charge >= 0.3 is 5.97 Å². The minimum atomic E-state index is -1.94. The average molecular weight is 743 g/mol. The van der Waals surface area contributed by atoms with Crippen molar-refractivity contribution in [1.29, 1.82) is 0 Å². The summed E-state index contributed by atoms with van der Waals surface area (Å²) in [5.74, 6) is -3.92. The summed E-state index contributed by atoms with van der Waals surface area (Å²) in [7, 11) is 0. The molecule has 0 saturated carbocycles. The van der Waals surface area contributed by atoms with Gasteiger partial charge in [-0.25, -0.2) is 4.79 Å². The van der Waals surface area contributed by atoms with E-state index in [1.807, 2.05) is 0 Å². The van der Waals surface area contributed by atoms with Crippen LogP contribution in [-0.2, 0) is 23.7 Å². The van der Waals surface area contributed by atoms with Crippen molar-refractivity contribution >= 4 is 12.0 Å². The summed E-state index contributed by atoms with van der Waals surface area (Å²) >= 11 is 0. The van der Waals surface area contributed by atoms with E-state index in [2.05, 4.69) is 0 Å². The number of benzene rings is 3. The van der Waals surface area contributed by atoms with Gasteiger partial charge in [-0.1, -0.05) is 6.07 Å². The normalized spacial score (nSPS) is 27.5. The lowest BCUT2D eigenvalue weighted by atomic mass is 9.98. The van der Waals surface area contributed by atoms with Crippen LogP contribution in [0.4, 0.5) is 0 Å². The number of carbonyl (C=O) groups excluding carboxylic acids is 1. The van der Waals surface area contributed by atoms with Crippen LogP contribution in [0.1, 0.15) is 5.56 Å². The zero-order valence-electron chi connectivity index (χ0n) is 27.2. The van der Waals surface area contributed by atoms with Crippen LogP contribution < -0.4 is 10.2 Å². The van der Waals surface area contributed by atoms with Crippen LogP contribution in [0.5, 0.6) is 34.5 Å². The van der Waals surface area contributed by atoms with E-state index in [1.54, 1.807) is 0 Å². The number of hydrogen-bond donors (Lipinski definition) is 10. The third-order valence-corrected chi connectivity index (χ3v) is 8.48. The van der Waals surface area contributed by atoms with Crippen LogP contribution in [-0.4, -0.2) is 126 Å². The third-order valence-electron chi connectivity index (χ3n) is 8.48. The van der Waals surface area contributed by atoms with Crippen molar-refractivity contribution in [2.75, 3.05) is 13.2 Å². The minimum Gasteiger partial charge on any atom is -0.507 e. The monoisotopic (exact) mass is 742 g/mol. The minimum absolute atomic E-state index is 0.0393. The molecule has 2 aromatic rings. The molecule has 18 heteroatoms. The molecule has 3 heterocycles. The van der Waals surface area contributed by atoms with Crippen molar-refractivity contribution < 1.29 is 84.0 Å². The molecule has 2 saturated heterocycles. The fourth-order valence-electron chi connectivity index (χ4n) is 5.61. The van der Waals surface area contributed by atoms with Gasteiger partial charge in [-0.15, -0.1) is 0 Å². The van der Waals surface area contributed by atoms with E-state index in [1.165, 1.54) is 36.4 Å². The molecule has 4 aliphatic rings. The van der Waals surface area contributed by atoms with Crippen molar-refractivity contribution in [3.05, 3.63) is 76.5 Å². The van der Waals surface area contributed by atoms with E-state index in [-0.39, 0.29) is 34.1 Å². The molecule has 282 valence electrons. The van der Waals surface area contributed by atoms with Crippen molar-refractivity contribution in [1.82, 2.24) is 0 Å². The Hall–Kier alpha value is -5.44. The summed E-state index contributed by atoms with van der Waals surface area (Å²) < 4.78 is 34.3. The fraction of sp³-hybridized carbons (Fsp3) is 0.314. The van der Waals surface area contributed by atoms with Crippen LogP contribution in [0.15, 0.2) is 69.9 Å². The maximum atomic E-state index is 12.6. The van der Waals surface area contributed by atoms with Gasteiger partial charge < -0.3 is 79.2 Å². The summed E-state index contributed by atoms with van der Waals surface area (Å²) in [5, 5.41) is 103. The lowest BCUT2D eigenvalue weighted by molar-refractivity contribution is -0.345. The van der Waals surface area contributed by atoms with Gasteiger partial charge in [-0.3, -0.25) is 4.79 Å². The molecule has 0 bridgehead atoms. The molecule has 0 amide bonds. The first kappa shape index (κ1) is 37.3. The van der Waals surface area contributed by atoms with Gasteiger partial charge in [0.05, 0.1) is 12.2 Å². The number of hydrogen-bond acceptors (Lipinski definition) is 18. The maximum absolute atomic E-state index is 12.6. The molecular formula is C35H34O18. The first-order valence-electron chi connectivity index (χ1n) is 15.9. The highest BCUT2D eigenvalue weighted by atomic mass is 16.8. The Balaban J connectivity index is 1.33. The van der Waals surface area contributed by atoms with Crippen LogP contribution >= 0.6 is 0 Å². The zero-order chi connectivity index (χ0) is 38.1. The second kappa shape index (κ2) is 15.3. The number of esters is 1. The second-order valence-electron chi connectivity index (χ2n) is 12.2. The van der Waals surface area contributed by atoms with E-state index in [0.29, 0.717) is 5.56 Å². The molecule has 0 radical (unpaired) electrons. The summed E-state index contributed by atoms with van der Waals surface area (Å²) in [6.07, 6.45) is -13.4. The molecule has 10 N–H and O–H groups in total. The van der Waals surface area contributed by atoms with Gasteiger partial charge in [-0.05, 0) is 48.0 Å². The predicted octanol–water partition coefficient (Wildman–Crippen LogP) is -0.154. The topological polar surface area (TPSA) is 296 Å². The number of aliphatic hydroxyl groups is 5. The van der Waals surface area contributed by atoms with Gasteiger partial charge in [0.1, 0.15) is 54.7 Å². The molecule has 53 heavy (non-hydrogen) atoms. The molecule has 2 fully saturated rings. The second-order valence-corrected chi connectivity index (χ2v) is 12.2. The third kappa shape index (κ3) is 7.99. The summed E-state index contributed by atoms with van der Waals surface area (Å²) in [4.78, 5) is 24.7. The molecule has 3 aliphatic heterocycles. The molecule has 0 unspecified atom stereocenters. The highest BCUT2D eigenvalue weighted by molar-refractivity contribution is 5.87. The van der Waals surface area contributed by atoms with Gasteiger partial charge in [0, 0.05) is 23.8 Å². The van der Waals surface area contributed by atoms with Gasteiger partial charge in [0.25, 0.3) is 0 Å². The maximum Gasteiger partial charge on any atom is 0.330 e. The number of ether oxygens (including phenoxy) is 5. The molecule has 18 nitrogen and oxygen atoms in total. The van der Waals surface area contributed by atoms with Gasteiger partial charge in [-0.2, -0.15) is 0 Å². The highest BCUT2D eigenvalue weighted by Crippen LogP contribution is 2.43. The molecule has 2 aromatic carbocycles. The lowest BCUT2D eigenvalue weighted by Gasteiger charge is -2.44. The summed E-state index contributed by atoms with van der Waals surface area (Å²) in [6, 6.07) is 10.5. The van der Waals surface area contributed by atoms with Crippen LogP contribution in [0, 0.1) is 0 Å². The van der Waals surface area contributed by atoms with E-state index >= 15 is 0 Å². The number of aliphatic hydroxyl groups excluding tert-OH is 5. The number of carbonyl (C=O) groups is 1. The largest absolute Gasteiger partial charge is 0.507 e. The Bertz CT molecular complexity index is 2010. The first-order chi connectivity index (χ1) is 25.2. The van der Waals surface area contributed by atoms with E-state index in [4.69, 9.17) is 28.1 Å². The van der Waals surface area contributed by atoms with Crippen molar-refractivity contribution in [3.8, 4) is 57.1 Å². The van der Waals surface area contributed by atoms with E-state index in [0.717, 1.165) is 30.3 Å². The first-order valence-corrected chi connectivity index (χ1v) is 15.9. The number of phenolic OH excluding ortho intramolecular Hbond substituents is 5. The average Bonchev–Trinajstić information content (AvgIpc) is 3.12. The number of aromatic hydroxyl groups is 5. The Morgan fingerprint density at radius 2 is 1.49 bits per heavy atom. The molecule has 0 aromatic heterocycles. The van der Waals surface area contributed by atoms with Gasteiger partial charge in [0.15, 0.2) is 52.3 Å². The Labute approximate surface area is 298 Å². The molecule has 0 spiro atoms. The number of fused-ring (bicyclic) bond motifs is 1. The smallest absolute Gasteiger partial charge is 0.330 e. The Morgan fingerprint density at radius 1 is 0.774 bits per heavy atom. The Kier molecular flexibility index (Phi) is 10.8. The van der Waals surface area contributed by atoms with Gasteiger partial charge in [0.2, 0.25) is 6.29 Å². The number of phenols is 5. The lowest BCUT2D eigenvalue weighted by Crippen LogP contribution is -2.64. The standard InChI is InChI=1S/C35H34O18/c36-16-9-20(39)17-11-25(32(50-24(17)10-16)15-3-5-19(38)22(41)8-15)51-35-33(53-34-31(47)28(44)23(42)12-49-34)30(46)29(45)26(52-35)13-48-27(43)6-2-14-1-4-18(37)21(40)7-14/h1-11,23,26,28-31,33-35,37-42,44-47H,12-13H2/b6-2+/t23-,26-,28+,29-,30+,31-,33-,34+,35-/m1/s1. The van der Waals surface area contributed by atoms with Crippen molar-refractivity contribution in [2.45, 2.75) is 55.3 Å². The van der Waals surface area contributed by atoms with Crippen LogP contribution in [0.25, 0.3) is 28.7 Å². The van der Waals surface area contributed by atoms with Crippen LogP contribution in [0.2, 0.25) is 0 Å². The van der Waals surface area contributed by atoms with Crippen molar-refractivity contribution in [3.63, 3.8) is 0 Å². The van der Waals surface area contributed by atoms with E-state index < -0.39 is 103 Å². The molecule has 1 aliphatic carbocycles. The van der Waals surface area contributed by atoms with E-state index in [9.17, 15) is 60.7 Å². The molecule has 9 atom stereocenters. The molecule has 6 rings (SSSR count). The summed E-state index contributed by atoms with van der Waals surface area (Å²) in [5.41, 5.74) is -0.248. The fourth-order valence-corrected chi connectivity index (χ4v) is 5.61. The molecular weight excluding hydrogens is 708 g/mol. The zero-order valence-corrected chi connectivity index (χ0v) is 27.2. The van der Waals surface area contributed by atoms with Crippen molar-refractivity contribution in [2.24, 2.45) is 0 Å². The number of rotatable bonds is 9. The summed E-state index contributed by atoms with van der Waals surface area (Å²) in [6.45, 7) is -1.17. The SMILES string of the molecule is O=C(/C=C/c1ccc(O)c(O)c1)OC[C@H]1O[C@@H](Oc2cc3c(O)cc(=O)cc-3oc2-c2ccc(O)c(O)c2)[C@H](O[C@@H]2OC[C@@H](O)[C@H](O)[C@H]2O)[C@@H](O)[C@@H]1O. The predicted molar refractivity (Wildman–Crippen MR) is 176 cm³/mol.